The minimum absolute atomic E-state index is 0.326. The van der Waals surface area contributed by atoms with E-state index in [0.29, 0.717) is 17.7 Å². The van der Waals surface area contributed by atoms with Gasteiger partial charge in [-0.15, -0.1) is 0 Å². The highest BCUT2D eigenvalue weighted by atomic mass is 16.2. The summed E-state index contributed by atoms with van der Waals surface area (Å²) in [6.07, 6.45) is 5.63. The number of aliphatic imine (C=N–C) groups is 1. The van der Waals surface area contributed by atoms with Gasteiger partial charge in [0.2, 0.25) is 0 Å². The molecule has 4 rings (SSSR count). The molecule has 2 aliphatic heterocycles. The molecule has 0 unspecified atom stereocenters. The van der Waals surface area contributed by atoms with Gasteiger partial charge in [-0.05, 0) is 44.1 Å². The van der Waals surface area contributed by atoms with Crippen molar-refractivity contribution in [1.29, 1.82) is 0 Å². The second-order valence-corrected chi connectivity index (χ2v) is 6.73. The molecule has 4 aliphatic rings. The number of carbonyl (C=O) groups excluding carboxylic acids is 1. The minimum Gasteiger partial charge on any atom is -0.316 e. The van der Waals surface area contributed by atoms with E-state index in [4.69, 9.17) is 4.99 Å². The average molecular weight is 261 g/mol. The topological polar surface area (TPSA) is 44.7 Å². The molecule has 2 saturated carbocycles. The summed E-state index contributed by atoms with van der Waals surface area (Å²) in [5.74, 6) is 3.25. The van der Waals surface area contributed by atoms with E-state index >= 15 is 0 Å². The molecule has 0 bridgehead atoms. The van der Waals surface area contributed by atoms with Gasteiger partial charge in [0.25, 0.3) is 5.91 Å². The Balaban J connectivity index is 1.65. The van der Waals surface area contributed by atoms with Gasteiger partial charge in [0.1, 0.15) is 11.4 Å². The first-order valence-corrected chi connectivity index (χ1v) is 7.86. The Morgan fingerprint density at radius 2 is 2.21 bits per heavy atom. The van der Waals surface area contributed by atoms with Crippen molar-refractivity contribution in [3.05, 3.63) is 0 Å². The Bertz CT molecular complexity index is 443. The van der Waals surface area contributed by atoms with Crippen LogP contribution in [-0.4, -0.2) is 41.8 Å². The van der Waals surface area contributed by atoms with Gasteiger partial charge in [0, 0.05) is 25.4 Å². The Morgan fingerprint density at radius 3 is 2.95 bits per heavy atom. The van der Waals surface area contributed by atoms with Crippen LogP contribution in [0.1, 0.15) is 39.0 Å². The van der Waals surface area contributed by atoms with Crippen LogP contribution in [-0.2, 0) is 4.79 Å². The first kappa shape index (κ1) is 11.9. The third kappa shape index (κ3) is 1.62. The van der Waals surface area contributed by atoms with E-state index in [2.05, 4.69) is 12.2 Å². The summed E-state index contributed by atoms with van der Waals surface area (Å²) >= 11 is 0. The van der Waals surface area contributed by atoms with Crippen molar-refractivity contribution >= 4 is 11.7 Å². The van der Waals surface area contributed by atoms with Crippen molar-refractivity contribution in [3.8, 4) is 0 Å². The number of hydrogen-bond acceptors (Lipinski definition) is 3. The number of rotatable bonds is 3. The zero-order chi connectivity index (χ0) is 13.0. The number of nitrogens with zero attached hydrogens (tertiary/aromatic N) is 2. The fourth-order valence-electron chi connectivity index (χ4n) is 4.30. The standard InChI is InChI=1S/C15H23N3O/c1-2-13-17-15(6-5-11-7-16-8-12(11)15)14(19)18(13)9-10-3-4-10/h10-12,16H,2-9H2,1H3/t11-,12+,15-/m1/s1. The van der Waals surface area contributed by atoms with Gasteiger partial charge in [-0.25, -0.2) is 0 Å². The molecule has 4 nitrogen and oxygen atoms in total. The maximum Gasteiger partial charge on any atom is 0.256 e. The summed E-state index contributed by atoms with van der Waals surface area (Å²) in [4.78, 5) is 20.0. The zero-order valence-electron chi connectivity index (χ0n) is 11.7. The van der Waals surface area contributed by atoms with Crippen LogP contribution in [0.15, 0.2) is 4.99 Å². The van der Waals surface area contributed by atoms with Crippen LogP contribution in [0.5, 0.6) is 0 Å². The molecule has 0 aromatic heterocycles. The van der Waals surface area contributed by atoms with Gasteiger partial charge in [0.15, 0.2) is 0 Å². The lowest BCUT2D eigenvalue weighted by molar-refractivity contribution is -0.132. The van der Waals surface area contributed by atoms with E-state index in [1.165, 1.54) is 19.3 Å². The molecule has 3 fully saturated rings. The molecule has 0 radical (unpaired) electrons. The summed E-state index contributed by atoms with van der Waals surface area (Å²) in [6, 6.07) is 0. The molecule has 2 aliphatic carbocycles. The second-order valence-electron chi connectivity index (χ2n) is 6.73. The predicted molar refractivity (Wildman–Crippen MR) is 74.0 cm³/mol. The SMILES string of the molecule is CCC1=N[C@@]2(CC[C@@H]3CNC[C@@H]32)C(=O)N1CC1CC1. The summed E-state index contributed by atoms with van der Waals surface area (Å²) in [5.41, 5.74) is -0.381. The fourth-order valence-corrected chi connectivity index (χ4v) is 4.30. The van der Waals surface area contributed by atoms with E-state index in [9.17, 15) is 4.79 Å². The monoisotopic (exact) mass is 261 g/mol. The highest BCUT2D eigenvalue weighted by Gasteiger charge is 2.59. The first-order chi connectivity index (χ1) is 9.24. The van der Waals surface area contributed by atoms with Crippen molar-refractivity contribution < 1.29 is 4.79 Å². The number of fused-ring (bicyclic) bond motifs is 2. The average Bonchev–Trinajstić information content (AvgIpc) is 2.89. The summed E-state index contributed by atoms with van der Waals surface area (Å²) < 4.78 is 0. The highest BCUT2D eigenvalue weighted by Crippen LogP contribution is 2.49. The molecule has 0 aromatic carbocycles. The molecule has 4 heteroatoms. The van der Waals surface area contributed by atoms with E-state index in [-0.39, 0.29) is 5.54 Å². The van der Waals surface area contributed by atoms with E-state index in [1.807, 2.05) is 4.90 Å². The fraction of sp³-hybridized carbons (Fsp3) is 0.867. The third-order valence-corrected chi connectivity index (χ3v) is 5.56. The molecule has 104 valence electrons. The molecular formula is C15H23N3O. The van der Waals surface area contributed by atoms with Gasteiger partial charge < -0.3 is 5.32 Å². The van der Waals surface area contributed by atoms with Crippen molar-refractivity contribution in [2.75, 3.05) is 19.6 Å². The Morgan fingerprint density at radius 1 is 1.37 bits per heavy atom. The number of amides is 1. The zero-order valence-corrected chi connectivity index (χ0v) is 11.7. The van der Waals surface area contributed by atoms with Crippen molar-refractivity contribution in [2.24, 2.45) is 22.7 Å². The van der Waals surface area contributed by atoms with Crippen LogP contribution in [0.4, 0.5) is 0 Å². The Kier molecular flexibility index (Phi) is 2.53. The van der Waals surface area contributed by atoms with Crippen LogP contribution in [0.3, 0.4) is 0 Å². The lowest BCUT2D eigenvalue weighted by Gasteiger charge is -2.27. The number of nitrogens with one attached hydrogen (secondary N) is 1. The molecule has 2 heterocycles. The number of amidine groups is 1. The van der Waals surface area contributed by atoms with Crippen molar-refractivity contribution in [2.45, 2.75) is 44.6 Å². The van der Waals surface area contributed by atoms with Gasteiger partial charge in [0.05, 0.1) is 0 Å². The first-order valence-electron chi connectivity index (χ1n) is 7.86. The molecule has 1 spiro atoms. The Labute approximate surface area is 114 Å². The third-order valence-electron chi connectivity index (χ3n) is 5.56. The molecule has 0 aromatic rings. The second kappa shape index (κ2) is 4.05. The van der Waals surface area contributed by atoms with Crippen molar-refractivity contribution in [3.63, 3.8) is 0 Å². The van der Waals surface area contributed by atoms with Crippen LogP contribution in [0.25, 0.3) is 0 Å². The van der Waals surface area contributed by atoms with Gasteiger partial charge in [-0.1, -0.05) is 6.92 Å². The van der Waals surface area contributed by atoms with Gasteiger partial charge in [-0.3, -0.25) is 14.7 Å². The van der Waals surface area contributed by atoms with Gasteiger partial charge >= 0.3 is 0 Å². The van der Waals surface area contributed by atoms with Crippen molar-refractivity contribution in [1.82, 2.24) is 10.2 Å². The Hall–Kier alpha value is -0.900. The maximum atomic E-state index is 13.0. The molecule has 19 heavy (non-hydrogen) atoms. The minimum atomic E-state index is -0.381. The predicted octanol–water partition coefficient (Wildman–Crippen LogP) is 1.42. The highest BCUT2D eigenvalue weighted by molar-refractivity contribution is 6.08. The smallest absolute Gasteiger partial charge is 0.256 e. The largest absolute Gasteiger partial charge is 0.316 e. The van der Waals surface area contributed by atoms with Gasteiger partial charge in [-0.2, -0.15) is 0 Å². The maximum absolute atomic E-state index is 13.0. The molecule has 1 saturated heterocycles. The summed E-state index contributed by atoms with van der Waals surface area (Å²) in [6.45, 7) is 5.12. The summed E-state index contributed by atoms with van der Waals surface area (Å²) in [7, 11) is 0. The molecule has 3 atom stereocenters. The van der Waals surface area contributed by atoms with E-state index in [0.717, 1.165) is 44.2 Å². The van der Waals surface area contributed by atoms with Crippen LogP contribution < -0.4 is 5.32 Å². The lowest BCUT2D eigenvalue weighted by Crippen LogP contribution is -2.47. The number of hydrogen-bond donors (Lipinski definition) is 1. The van der Waals surface area contributed by atoms with E-state index in [1.54, 1.807) is 0 Å². The molecule has 1 N–H and O–H groups in total. The molecule has 1 amide bonds. The van der Waals surface area contributed by atoms with E-state index < -0.39 is 0 Å². The van der Waals surface area contributed by atoms with Crippen LogP contribution in [0, 0.1) is 17.8 Å². The van der Waals surface area contributed by atoms with Crippen LogP contribution in [0.2, 0.25) is 0 Å². The number of carbonyl (C=O) groups is 1. The normalized spacial score (nSPS) is 41.2. The lowest BCUT2D eigenvalue weighted by atomic mass is 9.85. The quantitative estimate of drug-likeness (QED) is 0.835. The molecular weight excluding hydrogens is 238 g/mol. The summed E-state index contributed by atoms with van der Waals surface area (Å²) in [5, 5.41) is 3.46. The van der Waals surface area contributed by atoms with Crippen LogP contribution >= 0.6 is 0 Å².